The Morgan fingerprint density at radius 1 is 1.22 bits per heavy atom. The molecule has 194 valence electrons. The van der Waals surface area contributed by atoms with Crippen LogP contribution in [0, 0.1) is 11.2 Å². The molecule has 2 aromatic heterocycles. The number of pyridine rings is 2. The molecule has 0 bridgehead atoms. The molecule has 1 amide bonds. The fraction of sp³-hybridized carbons (Fsp3) is 0.375. The minimum atomic E-state index is -2.66. The van der Waals surface area contributed by atoms with Gasteiger partial charge in [-0.2, -0.15) is 0 Å². The third kappa shape index (κ3) is 6.32. The maximum Gasteiger partial charge on any atom is 0.264 e. The number of primary amides is 1. The Bertz CT molecular complexity index is 1390. The first kappa shape index (κ1) is 27.4. The van der Waals surface area contributed by atoms with E-state index < -0.39 is 33.9 Å². The lowest BCUT2D eigenvalue weighted by molar-refractivity contribution is -0.120. The number of carbonyl (C=O) groups is 1. The number of nitrogens with zero attached hydrogens (tertiary/aromatic N) is 2. The van der Waals surface area contributed by atoms with E-state index in [0.717, 1.165) is 5.56 Å². The van der Waals surface area contributed by atoms with Gasteiger partial charge < -0.3 is 25.8 Å². The number of aromatic nitrogens is 2. The van der Waals surface area contributed by atoms with Crippen LogP contribution < -0.4 is 16.6 Å². The van der Waals surface area contributed by atoms with Gasteiger partial charge in [0.05, 0.1) is 16.9 Å². The van der Waals surface area contributed by atoms with Crippen molar-refractivity contribution in [2.24, 2.45) is 11.1 Å². The lowest BCUT2D eigenvalue weighted by Crippen LogP contribution is -2.37. The van der Waals surface area contributed by atoms with Gasteiger partial charge in [-0.1, -0.05) is 26.0 Å². The molecule has 0 spiro atoms. The van der Waals surface area contributed by atoms with Crippen molar-refractivity contribution in [1.82, 2.24) is 14.9 Å². The lowest BCUT2D eigenvalue weighted by atomic mass is 9.83. The predicted octanol–water partition coefficient (Wildman–Crippen LogP) is 0.263. The summed E-state index contributed by atoms with van der Waals surface area (Å²) >= 11 is 0. The van der Waals surface area contributed by atoms with Crippen LogP contribution in [0.15, 0.2) is 41.3 Å². The Balaban J connectivity index is 2.20. The summed E-state index contributed by atoms with van der Waals surface area (Å²) in [6, 6.07) is 7.66. The van der Waals surface area contributed by atoms with Crippen molar-refractivity contribution in [3.63, 3.8) is 0 Å². The number of halogens is 1. The van der Waals surface area contributed by atoms with Gasteiger partial charge in [-0.05, 0) is 47.7 Å². The minimum Gasteiger partial charge on any atom is -0.368 e. The van der Waals surface area contributed by atoms with Crippen LogP contribution in [0.2, 0.25) is 0 Å². The van der Waals surface area contributed by atoms with Gasteiger partial charge in [-0.15, -0.1) is 0 Å². The minimum absolute atomic E-state index is 0.0206. The summed E-state index contributed by atoms with van der Waals surface area (Å²) < 4.78 is 36.4. The zero-order chi connectivity index (χ0) is 26.6. The number of thiol groups is 1. The Morgan fingerprint density at radius 3 is 2.47 bits per heavy atom. The monoisotopic (exact) mass is 520 g/mol. The van der Waals surface area contributed by atoms with Gasteiger partial charge in [0.15, 0.2) is 17.0 Å². The molecule has 0 aliphatic rings. The summed E-state index contributed by atoms with van der Waals surface area (Å²) in [4.78, 5) is 30.4. The van der Waals surface area contributed by atoms with E-state index >= 15 is 0 Å². The maximum absolute atomic E-state index is 13.5. The zero-order valence-corrected chi connectivity index (χ0v) is 20.8. The number of amides is 1. The van der Waals surface area contributed by atoms with Crippen LogP contribution >= 0.6 is 0 Å². The van der Waals surface area contributed by atoms with E-state index in [4.69, 9.17) is 5.73 Å². The number of carbonyl (C=O) groups excluding carboxylic acids is 1. The van der Waals surface area contributed by atoms with Crippen LogP contribution in [0.4, 0.5) is 4.39 Å². The fourth-order valence-corrected chi connectivity index (χ4v) is 4.26. The van der Waals surface area contributed by atoms with Gasteiger partial charge in [0, 0.05) is 24.7 Å². The maximum atomic E-state index is 13.5. The number of rotatable bonds is 11. The van der Waals surface area contributed by atoms with Gasteiger partial charge in [-0.3, -0.25) is 14.6 Å². The summed E-state index contributed by atoms with van der Waals surface area (Å²) in [6.45, 7) is 3.26. The third-order valence-electron chi connectivity index (χ3n) is 5.91. The van der Waals surface area contributed by atoms with Crippen molar-refractivity contribution < 1.29 is 27.8 Å². The number of nitrogens with one attached hydrogen (secondary N) is 1. The number of fused-ring (bicyclic) bond motifs is 1. The van der Waals surface area contributed by atoms with E-state index in [2.05, 4.69) is 10.3 Å². The van der Waals surface area contributed by atoms with Gasteiger partial charge in [0.1, 0.15) is 11.4 Å². The smallest absolute Gasteiger partial charge is 0.264 e. The Hall–Kier alpha value is -3.19. The highest BCUT2D eigenvalue weighted by Gasteiger charge is 2.31. The van der Waals surface area contributed by atoms with E-state index in [1.165, 1.54) is 16.7 Å². The predicted molar refractivity (Wildman–Crippen MR) is 133 cm³/mol. The molecule has 0 aliphatic carbocycles. The highest BCUT2D eigenvalue weighted by atomic mass is 32.2. The SMILES string of the molecule is CC(C)(Cc1c(C(N)=O)c(=O)n(CCNC[SH](=O)=O)c2cc(Cc3ccc(F)cc3)cnc12)C(O)O. The quantitative estimate of drug-likeness (QED) is 0.137. The molecule has 3 aromatic rings. The summed E-state index contributed by atoms with van der Waals surface area (Å²) in [6.07, 6.45) is 0.137. The molecule has 10 nitrogen and oxygen atoms in total. The second kappa shape index (κ2) is 11.2. The number of hydrogen-bond acceptors (Lipinski definition) is 8. The molecule has 36 heavy (non-hydrogen) atoms. The molecule has 5 N–H and O–H groups in total. The number of aliphatic hydroxyl groups excluding tert-OH is 1. The highest BCUT2D eigenvalue weighted by Crippen LogP contribution is 2.30. The van der Waals surface area contributed by atoms with E-state index in [1.54, 1.807) is 38.2 Å². The number of aliphatic hydroxyl groups is 2. The summed E-state index contributed by atoms with van der Waals surface area (Å²) in [5, 5.41) is 22.4. The topological polar surface area (TPSA) is 165 Å². The molecule has 0 saturated carbocycles. The van der Waals surface area contributed by atoms with Gasteiger partial charge in [0.2, 0.25) is 0 Å². The molecule has 0 unspecified atom stereocenters. The van der Waals surface area contributed by atoms with Crippen molar-refractivity contribution >= 4 is 27.6 Å². The van der Waals surface area contributed by atoms with Crippen molar-refractivity contribution in [2.45, 2.75) is 39.5 Å². The number of benzene rings is 1. The van der Waals surface area contributed by atoms with Crippen molar-refractivity contribution in [3.8, 4) is 0 Å². The number of nitrogens with two attached hydrogens (primary N) is 1. The average Bonchev–Trinajstić information content (AvgIpc) is 2.79. The first-order valence-corrected chi connectivity index (χ1v) is 12.5. The lowest BCUT2D eigenvalue weighted by Gasteiger charge is -2.28. The van der Waals surface area contributed by atoms with Crippen LogP contribution in [0.5, 0.6) is 0 Å². The van der Waals surface area contributed by atoms with Crippen molar-refractivity contribution in [3.05, 3.63) is 75.0 Å². The average molecular weight is 521 g/mol. The second-order valence-electron chi connectivity index (χ2n) is 9.22. The first-order chi connectivity index (χ1) is 16.9. The molecule has 3 rings (SSSR count). The normalized spacial score (nSPS) is 12.1. The van der Waals surface area contributed by atoms with E-state index in [-0.39, 0.29) is 47.8 Å². The Morgan fingerprint density at radius 2 is 1.89 bits per heavy atom. The first-order valence-electron chi connectivity index (χ1n) is 11.2. The molecule has 1 aromatic carbocycles. The molecular formula is C24H29FN4O6S. The van der Waals surface area contributed by atoms with Crippen LogP contribution in [-0.2, 0) is 30.1 Å². The van der Waals surface area contributed by atoms with Gasteiger partial charge in [0.25, 0.3) is 11.5 Å². The Kier molecular flexibility index (Phi) is 8.56. The van der Waals surface area contributed by atoms with Crippen LogP contribution in [0.3, 0.4) is 0 Å². The fourth-order valence-electron chi connectivity index (χ4n) is 3.92. The van der Waals surface area contributed by atoms with Gasteiger partial charge >= 0.3 is 0 Å². The van der Waals surface area contributed by atoms with Crippen LogP contribution in [-0.4, -0.2) is 52.8 Å². The largest absolute Gasteiger partial charge is 0.368 e. The highest BCUT2D eigenvalue weighted by molar-refractivity contribution is 7.72. The summed E-state index contributed by atoms with van der Waals surface area (Å²) in [5.41, 5.74) is 5.81. The summed E-state index contributed by atoms with van der Waals surface area (Å²) in [5.74, 6) is -1.63. The molecule has 0 aliphatic heterocycles. The van der Waals surface area contributed by atoms with E-state index in [9.17, 15) is 32.6 Å². The van der Waals surface area contributed by atoms with E-state index in [0.29, 0.717) is 17.5 Å². The molecule has 2 heterocycles. The van der Waals surface area contributed by atoms with Crippen molar-refractivity contribution in [1.29, 1.82) is 0 Å². The molecule has 0 fully saturated rings. The standard InChI is InChI=1S/C24H29FN4O6S/c1-24(2,23(32)33)11-17-19(21(26)30)22(31)29(8-7-27-13-36(34)35)18-10-15(12-28-20(17)18)9-14-3-5-16(25)6-4-14/h3-6,10,12,23,27,32-33,36H,7-9,11,13H2,1-2H3,(H2,26,30). The van der Waals surface area contributed by atoms with Crippen LogP contribution in [0.1, 0.15) is 40.9 Å². The molecular weight excluding hydrogens is 491 g/mol. The van der Waals surface area contributed by atoms with Gasteiger partial charge in [-0.25, -0.2) is 12.8 Å². The molecule has 0 radical (unpaired) electrons. The Labute approximate surface area is 208 Å². The second-order valence-corrected chi connectivity index (χ2v) is 10.2. The molecule has 0 atom stereocenters. The summed E-state index contributed by atoms with van der Waals surface area (Å²) in [7, 11) is -2.66. The molecule has 0 saturated heterocycles. The van der Waals surface area contributed by atoms with Crippen molar-refractivity contribution in [2.75, 3.05) is 12.4 Å². The van der Waals surface area contributed by atoms with E-state index in [1.807, 2.05) is 0 Å². The number of hydrogen-bond donors (Lipinski definition) is 5. The molecule has 12 heteroatoms. The zero-order valence-electron chi connectivity index (χ0n) is 19.9. The van der Waals surface area contributed by atoms with Crippen LogP contribution in [0.25, 0.3) is 11.0 Å². The third-order valence-corrected chi connectivity index (χ3v) is 6.40.